The van der Waals surface area contributed by atoms with E-state index in [4.69, 9.17) is 25.3 Å². The molecule has 1 saturated heterocycles. The largest absolute Gasteiger partial charge is 0.499 e. The molecule has 1 aromatic rings. The van der Waals surface area contributed by atoms with Crippen molar-refractivity contribution in [2.24, 2.45) is 0 Å². The molecular weight excluding hydrogens is 226 g/mol. The van der Waals surface area contributed by atoms with Crippen molar-refractivity contribution in [3.8, 4) is 0 Å². The van der Waals surface area contributed by atoms with Crippen molar-refractivity contribution in [3.05, 3.63) is 17.0 Å². The van der Waals surface area contributed by atoms with Crippen LogP contribution < -0.4 is 5.46 Å². The van der Waals surface area contributed by atoms with E-state index in [1.54, 1.807) is 0 Å². The first kappa shape index (κ1) is 12.0. The minimum Gasteiger partial charge on any atom is -0.450 e. The summed E-state index contributed by atoms with van der Waals surface area (Å²) in [6.07, 6.45) is 0. The minimum atomic E-state index is -0.449. The Morgan fingerprint density at radius 3 is 2.00 bits per heavy atom. The summed E-state index contributed by atoms with van der Waals surface area (Å²) >= 11 is 5.98. The van der Waals surface area contributed by atoms with Crippen LogP contribution in [0.3, 0.4) is 0 Å². The first-order chi connectivity index (χ1) is 7.23. The van der Waals surface area contributed by atoms with Gasteiger partial charge in [0.25, 0.3) is 0 Å². The van der Waals surface area contributed by atoms with Crippen LogP contribution in [0.1, 0.15) is 33.5 Å². The molecule has 1 aliphatic heterocycles. The molecular formula is C11H16BClO3. The number of hydrogen-bond donors (Lipinski definition) is 0. The van der Waals surface area contributed by atoms with E-state index in [-0.39, 0.29) is 11.2 Å². The second kappa shape index (κ2) is 3.52. The Morgan fingerprint density at radius 2 is 1.62 bits per heavy atom. The van der Waals surface area contributed by atoms with Gasteiger partial charge < -0.3 is 13.7 Å². The molecule has 2 heterocycles. The molecule has 5 heteroatoms. The predicted molar refractivity (Wildman–Crippen MR) is 64.2 cm³/mol. The highest BCUT2D eigenvalue weighted by Gasteiger charge is 2.52. The van der Waals surface area contributed by atoms with Gasteiger partial charge in [0, 0.05) is 5.46 Å². The SMILES string of the molecule is Cc1cc(B2OC(C)(C)C(C)(C)O2)c(Cl)o1. The molecule has 1 aromatic heterocycles. The zero-order valence-corrected chi connectivity index (χ0v) is 11.0. The summed E-state index contributed by atoms with van der Waals surface area (Å²) in [7, 11) is -0.449. The third-order valence-corrected chi connectivity index (χ3v) is 3.64. The van der Waals surface area contributed by atoms with Gasteiger partial charge in [-0.25, -0.2) is 0 Å². The van der Waals surface area contributed by atoms with Crippen molar-refractivity contribution in [3.63, 3.8) is 0 Å². The number of furan rings is 1. The molecule has 3 nitrogen and oxygen atoms in total. The molecule has 0 N–H and O–H groups in total. The Balaban J connectivity index is 2.30. The van der Waals surface area contributed by atoms with E-state index in [1.165, 1.54) is 0 Å². The zero-order chi connectivity index (χ0) is 12.1. The van der Waals surface area contributed by atoms with E-state index in [9.17, 15) is 0 Å². The predicted octanol–water partition coefficient (Wildman–Crippen LogP) is 2.54. The molecule has 1 fully saturated rings. The highest BCUT2D eigenvalue weighted by molar-refractivity contribution is 6.65. The van der Waals surface area contributed by atoms with Gasteiger partial charge in [-0.2, -0.15) is 0 Å². The molecule has 0 radical (unpaired) electrons. The third kappa shape index (κ3) is 1.79. The van der Waals surface area contributed by atoms with Crippen molar-refractivity contribution in [1.82, 2.24) is 0 Å². The highest BCUT2D eigenvalue weighted by Crippen LogP contribution is 2.37. The zero-order valence-electron chi connectivity index (χ0n) is 10.3. The quantitative estimate of drug-likeness (QED) is 0.709. The summed E-state index contributed by atoms with van der Waals surface area (Å²) in [6.45, 7) is 9.88. The Kier molecular flexibility index (Phi) is 2.65. The van der Waals surface area contributed by atoms with Gasteiger partial charge in [-0.3, -0.25) is 0 Å². The number of halogens is 1. The Morgan fingerprint density at radius 1 is 1.12 bits per heavy atom. The molecule has 0 atom stereocenters. The summed E-state index contributed by atoms with van der Waals surface area (Å²) in [5.74, 6) is 0.759. The van der Waals surface area contributed by atoms with E-state index in [0.29, 0.717) is 5.22 Å². The molecule has 0 unspecified atom stereocenters. The second-order valence-electron chi connectivity index (χ2n) is 5.17. The summed E-state index contributed by atoms with van der Waals surface area (Å²) < 4.78 is 17.0. The monoisotopic (exact) mass is 242 g/mol. The van der Waals surface area contributed by atoms with Gasteiger partial charge in [0.15, 0.2) is 5.22 Å². The number of rotatable bonds is 1. The average molecular weight is 243 g/mol. The first-order valence-electron chi connectivity index (χ1n) is 5.34. The molecule has 88 valence electrons. The molecule has 0 amide bonds. The fourth-order valence-corrected chi connectivity index (χ4v) is 1.90. The van der Waals surface area contributed by atoms with Gasteiger partial charge in [-0.05, 0) is 52.3 Å². The van der Waals surface area contributed by atoms with Crippen molar-refractivity contribution in [1.29, 1.82) is 0 Å². The molecule has 0 aromatic carbocycles. The van der Waals surface area contributed by atoms with Crippen molar-refractivity contribution < 1.29 is 13.7 Å². The van der Waals surface area contributed by atoms with Gasteiger partial charge in [-0.15, -0.1) is 0 Å². The van der Waals surface area contributed by atoms with E-state index in [2.05, 4.69) is 0 Å². The van der Waals surface area contributed by atoms with Gasteiger partial charge in [-0.1, -0.05) is 0 Å². The van der Waals surface area contributed by atoms with Crippen LogP contribution in [-0.4, -0.2) is 18.3 Å². The molecule has 1 aliphatic rings. The highest BCUT2D eigenvalue weighted by atomic mass is 35.5. The summed E-state index contributed by atoms with van der Waals surface area (Å²) in [4.78, 5) is 0. The lowest BCUT2D eigenvalue weighted by atomic mass is 9.81. The normalized spacial score (nSPS) is 22.8. The van der Waals surface area contributed by atoms with Crippen LogP contribution >= 0.6 is 11.6 Å². The van der Waals surface area contributed by atoms with Crippen LogP contribution in [0.15, 0.2) is 10.5 Å². The lowest BCUT2D eigenvalue weighted by Crippen LogP contribution is -2.41. The Bertz CT molecular complexity index is 395. The van der Waals surface area contributed by atoms with Crippen molar-refractivity contribution in [2.75, 3.05) is 0 Å². The smallest absolute Gasteiger partial charge is 0.450 e. The fraction of sp³-hybridized carbons (Fsp3) is 0.636. The summed E-state index contributed by atoms with van der Waals surface area (Å²) in [6, 6.07) is 1.85. The molecule has 16 heavy (non-hydrogen) atoms. The minimum absolute atomic E-state index is 0.344. The van der Waals surface area contributed by atoms with Crippen LogP contribution in [-0.2, 0) is 9.31 Å². The van der Waals surface area contributed by atoms with Crippen molar-refractivity contribution >= 4 is 24.2 Å². The third-order valence-electron chi connectivity index (χ3n) is 3.34. The maximum Gasteiger partial charge on any atom is 0.499 e. The maximum absolute atomic E-state index is 5.98. The first-order valence-corrected chi connectivity index (χ1v) is 5.72. The molecule has 0 saturated carbocycles. The fourth-order valence-electron chi connectivity index (χ4n) is 1.64. The van der Waals surface area contributed by atoms with Crippen LogP contribution in [0.4, 0.5) is 0 Å². The van der Waals surface area contributed by atoms with E-state index in [0.717, 1.165) is 11.2 Å². The average Bonchev–Trinajstić information content (AvgIpc) is 2.51. The Hall–Kier alpha value is -0.445. The standard InChI is InChI=1S/C11H16BClO3/c1-7-6-8(9(13)14-7)12-15-10(2,3)11(4,5)16-12/h6H,1-5H3. The lowest BCUT2D eigenvalue weighted by molar-refractivity contribution is 0.00578. The number of hydrogen-bond acceptors (Lipinski definition) is 3. The number of aryl methyl sites for hydroxylation is 1. The van der Waals surface area contributed by atoms with Crippen molar-refractivity contribution in [2.45, 2.75) is 45.8 Å². The molecule has 0 bridgehead atoms. The maximum atomic E-state index is 5.98. The van der Waals surface area contributed by atoms with Crippen LogP contribution in [0.5, 0.6) is 0 Å². The van der Waals surface area contributed by atoms with Crippen LogP contribution in [0.25, 0.3) is 0 Å². The topological polar surface area (TPSA) is 31.6 Å². The van der Waals surface area contributed by atoms with Gasteiger partial charge >= 0.3 is 7.12 Å². The van der Waals surface area contributed by atoms with Gasteiger partial charge in [0.1, 0.15) is 5.76 Å². The van der Waals surface area contributed by atoms with Gasteiger partial charge in [0.05, 0.1) is 11.2 Å². The van der Waals surface area contributed by atoms with Crippen LogP contribution in [0, 0.1) is 6.92 Å². The molecule has 2 rings (SSSR count). The molecule has 0 spiro atoms. The molecule has 0 aliphatic carbocycles. The van der Waals surface area contributed by atoms with Gasteiger partial charge in [0.2, 0.25) is 0 Å². The Labute approximate surface area is 101 Å². The second-order valence-corrected chi connectivity index (χ2v) is 5.52. The van der Waals surface area contributed by atoms with E-state index in [1.807, 2.05) is 40.7 Å². The van der Waals surface area contributed by atoms with E-state index < -0.39 is 7.12 Å². The van der Waals surface area contributed by atoms with E-state index >= 15 is 0 Å². The van der Waals surface area contributed by atoms with Crippen LogP contribution in [0.2, 0.25) is 5.22 Å². The summed E-state index contributed by atoms with van der Waals surface area (Å²) in [5, 5.41) is 0.344. The lowest BCUT2D eigenvalue weighted by Gasteiger charge is -2.32. The summed E-state index contributed by atoms with van der Waals surface area (Å²) in [5.41, 5.74) is 0.0519.